The molecule has 0 aliphatic rings. The third-order valence-corrected chi connectivity index (χ3v) is 3.24. The number of hydrogen-bond donors (Lipinski definition) is 2. The zero-order valence-corrected chi connectivity index (χ0v) is 11.0. The molecule has 1 amide bonds. The lowest BCUT2D eigenvalue weighted by molar-refractivity contribution is 0.102. The second-order valence-corrected chi connectivity index (χ2v) is 4.80. The number of rotatable bonds is 3. The van der Waals surface area contributed by atoms with Gasteiger partial charge >= 0.3 is 0 Å². The lowest BCUT2D eigenvalue weighted by Crippen LogP contribution is -2.12. The van der Waals surface area contributed by atoms with E-state index in [-0.39, 0.29) is 5.91 Å². The Morgan fingerprint density at radius 1 is 1.30 bits per heavy atom. The molecule has 2 heterocycles. The van der Waals surface area contributed by atoms with Gasteiger partial charge in [0.2, 0.25) is 0 Å². The fraction of sp³-hybridized carbons (Fsp3) is 0. The first-order chi connectivity index (χ1) is 9.72. The summed E-state index contributed by atoms with van der Waals surface area (Å²) in [7, 11) is 0. The summed E-state index contributed by atoms with van der Waals surface area (Å²) in [5.41, 5.74) is 7.34. The second kappa shape index (κ2) is 5.10. The standard InChI is InChI=1S/C12H10N6OS/c13-12-17-10(5-20-12)11(19)16-8-1-3-9(4-2-8)18-7-14-6-15-18/h1-7H,(H2,13,17)(H,16,19). The fourth-order valence-corrected chi connectivity index (χ4v) is 2.17. The monoisotopic (exact) mass is 286 g/mol. The number of nitrogen functional groups attached to an aromatic ring is 1. The molecule has 3 aromatic rings. The van der Waals surface area contributed by atoms with Crippen LogP contribution in [0.4, 0.5) is 10.8 Å². The number of nitrogens with two attached hydrogens (primary N) is 1. The van der Waals surface area contributed by atoms with Crippen LogP contribution >= 0.6 is 11.3 Å². The maximum atomic E-state index is 11.9. The van der Waals surface area contributed by atoms with Crippen molar-refractivity contribution in [2.75, 3.05) is 11.1 Å². The average Bonchev–Trinajstić information content (AvgIpc) is 3.10. The van der Waals surface area contributed by atoms with E-state index in [1.165, 1.54) is 17.7 Å². The van der Waals surface area contributed by atoms with Crippen molar-refractivity contribution in [2.45, 2.75) is 0 Å². The molecule has 2 aromatic heterocycles. The molecule has 1 aromatic carbocycles. The summed E-state index contributed by atoms with van der Waals surface area (Å²) >= 11 is 1.23. The molecular weight excluding hydrogens is 276 g/mol. The van der Waals surface area contributed by atoms with Crippen molar-refractivity contribution < 1.29 is 4.79 Å². The van der Waals surface area contributed by atoms with E-state index in [0.29, 0.717) is 16.5 Å². The van der Waals surface area contributed by atoms with E-state index in [0.717, 1.165) is 5.69 Å². The van der Waals surface area contributed by atoms with Gasteiger partial charge in [0.25, 0.3) is 5.91 Å². The molecular formula is C12H10N6OS. The fourth-order valence-electron chi connectivity index (χ4n) is 1.63. The van der Waals surface area contributed by atoms with Crippen molar-refractivity contribution >= 4 is 28.1 Å². The Hall–Kier alpha value is -2.74. The minimum atomic E-state index is -0.286. The molecule has 0 atom stereocenters. The van der Waals surface area contributed by atoms with Crippen molar-refractivity contribution in [1.29, 1.82) is 0 Å². The number of thiazole rings is 1. The first-order valence-electron chi connectivity index (χ1n) is 5.70. The van der Waals surface area contributed by atoms with Gasteiger partial charge in [-0.3, -0.25) is 4.79 Å². The van der Waals surface area contributed by atoms with E-state index < -0.39 is 0 Å². The number of amides is 1. The van der Waals surface area contributed by atoms with Crippen LogP contribution < -0.4 is 11.1 Å². The lowest BCUT2D eigenvalue weighted by Gasteiger charge is -2.05. The molecule has 0 saturated carbocycles. The van der Waals surface area contributed by atoms with E-state index in [4.69, 9.17) is 5.73 Å². The maximum absolute atomic E-state index is 11.9. The van der Waals surface area contributed by atoms with Crippen LogP contribution in [-0.2, 0) is 0 Å². The van der Waals surface area contributed by atoms with Crippen LogP contribution in [0.15, 0.2) is 42.3 Å². The minimum Gasteiger partial charge on any atom is -0.375 e. The highest BCUT2D eigenvalue weighted by Crippen LogP contribution is 2.15. The van der Waals surface area contributed by atoms with Crippen LogP contribution in [0, 0.1) is 0 Å². The van der Waals surface area contributed by atoms with Gasteiger partial charge in [-0.2, -0.15) is 5.10 Å². The number of carbonyl (C=O) groups excluding carboxylic acids is 1. The van der Waals surface area contributed by atoms with E-state index >= 15 is 0 Å². The van der Waals surface area contributed by atoms with Crippen molar-refractivity contribution in [3.8, 4) is 5.69 Å². The van der Waals surface area contributed by atoms with Gasteiger partial charge in [0.15, 0.2) is 5.13 Å². The Morgan fingerprint density at radius 3 is 2.70 bits per heavy atom. The van der Waals surface area contributed by atoms with Crippen LogP contribution in [0.5, 0.6) is 0 Å². The predicted octanol–water partition coefficient (Wildman–Crippen LogP) is 1.56. The summed E-state index contributed by atoms with van der Waals surface area (Å²) in [6.07, 6.45) is 3.06. The molecule has 0 aliphatic heterocycles. The molecule has 3 rings (SSSR count). The van der Waals surface area contributed by atoms with E-state index in [1.807, 2.05) is 12.1 Å². The van der Waals surface area contributed by atoms with Gasteiger partial charge in [0.1, 0.15) is 18.3 Å². The topological polar surface area (TPSA) is 98.7 Å². The summed E-state index contributed by atoms with van der Waals surface area (Å²) in [4.78, 5) is 19.7. The number of hydrogen-bond acceptors (Lipinski definition) is 6. The van der Waals surface area contributed by atoms with Crippen molar-refractivity contribution in [2.24, 2.45) is 0 Å². The number of aromatic nitrogens is 4. The molecule has 0 spiro atoms. The summed E-state index contributed by atoms with van der Waals surface area (Å²) in [6.45, 7) is 0. The highest BCUT2D eigenvalue weighted by molar-refractivity contribution is 7.13. The van der Waals surface area contributed by atoms with Gasteiger partial charge in [-0.05, 0) is 24.3 Å². The van der Waals surface area contributed by atoms with Crippen molar-refractivity contribution in [1.82, 2.24) is 19.7 Å². The van der Waals surface area contributed by atoms with Gasteiger partial charge < -0.3 is 11.1 Å². The normalized spacial score (nSPS) is 10.4. The molecule has 20 heavy (non-hydrogen) atoms. The minimum absolute atomic E-state index is 0.286. The van der Waals surface area contributed by atoms with Crippen LogP contribution in [-0.4, -0.2) is 25.7 Å². The molecule has 0 aliphatic carbocycles. The first kappa shape index (κ1) is 12.3. The van der Waals surface area contributed by atoms with Gasteiger partial charge in [-0.1, -0.05) is 0 Å². The van der Waals surface area contributed by atoms with E-state index in [9.17, 15) is 4.79 Å². The Bertz CT molecular complexity index is 719. The lowest BCUT2D eigenvalue weighted by atomic mass is 10.2. The smallest absolute Gasteiger partial charge is 0.275 e. The summed E-state index contributed by atoms with van der Waals surface area (Å²) < 4.78 is 1.63. The zero-order valence-electron chi connectivity index (χ0n) is 10.2. The Kier molecular flexibility index (Phi) is 3.13. The van der Waals surface area contributed by atoms with E-state index in [2.05, 4.69) is 20.4 Å². The molecule has 0 radical (unpaired) electrons. The van der Waals surface area contributed by atoms with Crippen LogP contribution in [0.2, 0.25) is 0 Å². The molecule has 7 nitrogen and oxygen atoms in total. The summed E-state index contributed by atoms with van der Waals surface area (Å²) in [5, 5.41) is 8.76. The van der Waals surface area contributed by atoms with Crippen LogP contribution in [0.3, 0.4) is 0 Å². The van der Waals surface area contributed by atoms with Gasteiger partial charge in [0.05, 0.1) is 5.69 Å². The molecule has 0 unspecified atom stereocenters. The number of nitrogens with one attached hydrogen (secondary N) is 1. The molecule has 100 valence electrons. The molecule has 3 N–H and O–H groups in total. The zero-order chi connectivity index (χ0) is 13.9. The number of benzene rings is 1. The quantitative estimate of drug-likeness (QED) is 0.761. The first-order valence-corrected chi connectivity index (χ1v) is 6.58. The number of anilines is 2. The third kappa shape index (κ3) is 2.50. The third-order valence-electron chi connectivity index (χ3n) is 2.56. The average molecular weight is 286 g/mol. The highest BCUT2D eigenvalue weighted by atomic mass is 32.1. The van der Waals surface area contributed by atoms with Crippen molar-refractivity contribution in [3.63, 3.8) is 0 Å². The van der Waals surface area contributed by atoms with Gasteiger partial charge in [-0.15, -0.1) is 11.3 Å². The van der Waals surface area contributed by atoms with Gasteiger partial charge in [0, 0.05) is 11.1 Å². The Morgan fingerprint density at radius 2 is 2.10 bits per heavy atom. The number of carbonyl (C=O) groups is 1. The van der Waals surface area contributed by atoms with Crippen LogP contribution in [0.1, 0.15) is 10.5 Å². The van der Waals surface area contributed by atoms with Gasteiger partial charge in [-0.25, -0.2) is 14.6 Å². The highest BCUT2D eigenvalue weighted by Gasteiger charge is 2.09. The molecule has 0 saturated heterocycles. The predicted molar refractivity (Wildman–Crippen MR) is 75.8 cm³/mol. The van der Waals surface area contributed by atoms with Crippen LogP contribution in [0.25, 0.3) is 5.69 Å². The van der Waals surface area contributed by atoms with E-state index in [1.54, 1.807) is 28.5 Å². The number of nitrogens with zero attached hydrogens (tertiary/aromatic N) is 4. The summed E-state index contributed by atoms with van der Waals surface area (Å²) in [6, 6.07) is 7.23. The van der Waals surface area contributed by atoms with Crippen molar-refractivity contribution in [3.05, 3.63) is 48.0 Å². The molecule has 0 bridgehead atoms. The second-order valence-electron chi connectivity index (χ2n) is 3.91. The Labute approximate surface area is 118 Å². The Balaban J connectivity index is 1.74. The molecule has 8 heteroatoms. The molecule has 0 fully saturated rings. The SMILES string of the molecule is Nc1nc(C(=O)Nc2ccc(-n3cncn3)cc2)cs1. The summed E-state index contributed by atoms with van der Waals surface area (Å²) in [5.74, 6) is -0.286. The maximum Gasteiger partial charge on any atom is 0.275 e. The largest absolute Gasteiger partial charge is 0.375 e.